The third-order valence-corrected chi connectivity index (χ3v) is 2.67. The van der Waals surface area contributed by atoms with E-state index in [-0.39, 0.29) is 18.1 Å². The lowest BCUT2D eigenvalue weighted by Gasteiger charge is -2.06. The van der Waals surface area contributed by atoms with Gasteiger partial charge in [-0.15, -0.1) is 8.78 Å². The Labute approximate surface area is 95.2 Å². The van der Waals surface area contributed by atoms with Gasteiger partial charge in [-0.1, -0.05) is 24.3 Å². The Bertz CT molecular complexity index is 596. The summed E-state index contributed by atoms with van der Waals surface area (Å²) in [4.78, 5) is 0. The lowest BCUT2D eigenvalue weighted by molar-refractivity contribution is -0.286. The molecule has 0 atom stereocenters. The number of rotatable bonds is 1. The van der Waals surface area contributed by atoms with Gasteiger partial charge in [-0.05, 0) is 17.0 Å². The minimum absolute atomic E-state index is 0.0165. The van der Waals surface area contributed by atoms with E-state index < -0.39 is 6.29 Å². The van der Waals surface area contributed by atoms with Gasteiger partial charge in [0.05, 0.1) is 6.61 Å². The Morgan fingerprint density at radius 1 is 1.12 bits per heavy atom. The van der Waals surface area contributed by atoms with Crippen LogP contribution in [-0.4, -0.2) is 11.4 Å². The molecular formula is C12H8F2O3. The molecule has 2 aromatic carbocycles. The van der Waals surface area contributed by atoms with Crippen molar-refractivity contribution in [2.75, 3.05) is 0 Å². The number of hydrogen-bond acceptors (Lipinski definition) is 3. The minimum atomic E-state index is -3.64. The first kappa shape index (κ1) is 10.3. The number of aliphatic hydroxyl groups excluding tert-OH is 1. The molecule has 88 valence electrons. The van der Waals surface area contributed by atoms with Crippen molar-refractivity contribution in [1.82, 2.24) is 0 Å². The number of hydrogen-bond donors (Lipinski definition) is 1. The van der Waals surface area contributed by atoms with Gasteiger partial charge in [0, 0.05) is 5.39 Å². The van der Waals surface area contributed by atoms with Gasteiger partial charge in [-0.2, -0.15) is 0 Å². The number of fused-ring (bicyclic) bond motifs is 3. The van der Waals surface area contributed by atoms with Crippen LogP contribution in [0.5, 0.6) is 11.5 Å². The fraction of sp³-hybridized carbons (Fsp3) is 0.167. The standard InChI is InChI=1S/C12H8F2O3/c13-12(14)16-10-5-7(6-15)8-3-1-2-4-9(8)11(10)17-12/h1-5,15H,6H2. The predicted molar refractivity (Wildman–Crippen MR) is 56.1 cm³/mol. The van der Waals surface area contributed by atoms with Gasteiger partial charge in [-0.3, -0.25) is 0 Å². The van der Waals surface area contributed by atoms with Crippen LogP contribution < -0.4 is 9.47 Å². The van der Waals surface area contributed by atoms with E-state index >= 15 is 0 Å². The molecular weight excluding hydrogens is 230 g/mol. The number of ether oxygens (including phenoxy) is 2. The van der Waals surface area contributed by atoms with E-state index in [1.54, 1.807) is 24.3 Å². The number of alkyl halides is 2. The van der Waals surface area contributed by atoms with Crippen molar-refractivity contribution >= 4 is 10.8 Å². The van der Waals surface area contributed by atoms with Crippen molar-refractivity contribution in [2.24, 2.45) is 0 Å². The molecule has 3 rings (SSSR count). The quantitative estimate of drug-likeness (QED) is 0.830. The lowest BCUT2D eigenvalue weighted by Crippen LogP contribution is -2.26. The maximum atomic E-state index is 13.0. The van der Waals surface area contributed by atoms with Gasteiger partial charge in [-0.25, -0.2) is 0 Å². The van der Waals surface area contributed by atoms with Crippen molar-refractivity contribution in [3.8, 4) is 11.5 Å². The molecule has 5 heteroatoms. The Morgan fingerprint density at radius 3 is 2.53 bits per heavy atom. The van der Waals surface area contributed by atoms with Gasteiger partial charge in [0.15, 0.2) is 11.5 Å². The smallest absolute Gasteiger partial charge is 0.395 e. The summed E-state index contributed by atoms with van der Waals surface area (Å²) < 4.78 is 34.8. The minimum Gasteiger partial charge on any atom is -0.395 e. The maximum absolute atomic E-state index is 13.0. The highest BCUT2D eigenvalue weighted by Crippen LogP contribution is 2.46. The second kappa shape index (κ2) is 3.30. The predicted octanol–water partition coefficient (Wildman–Crippen LogP) is 2.65. The van der Waals surface area contributed by atoms with Crippen LogP contribution in [-0.2, 0) is 6.61 Å². The van der Waals surface area contributed by atoms with Crippen LogP contribution in [0.3, 0.4) is 0 Å². The normalized spacial score (nSPS) is 16.4. The first-order chi connectivity index (χ1) is 8.11. The molecule has 0 aromatic heterocycles. The van der Waals surface area contributed by atoms with Crippen molar-refractivity contribution < 1.29 is 23.4 Å². The van der Waals surface area contributed by atoms with Gasteiger partial charge in [0.2, 0.25) is 0 Å². The Hall–Kier alpha value is -1.88. The van der Waals surface area contributed by atoms with Crippen LogP contribution in [0.15, 0.2) is 30.3 Å². The molecule has 17 heavy (non-hydrogen) atoms. The monoisotopic (exact) mass is 238 g/mol. The van der Waals surface area contributed by atoms with Crippen LogP contribution in [0, 0.1) is 0 Å². The van der Waals surface area contributed by atoms with Gasteiger partial charge < -0.3 is 14.6 Å². The lowest BCUT2D eigenvalue weighted by atomic mass is 10.0. The van der Waals surface area contributed by atoms with E-state index in [1.807, 2.05) is 0 Å². The molecule has 0 saturated carbocycles. The van der Waals surface area contributed by atoms with Crippen LogP contribution in [0.1, 0.15) is 5.56 Å². The molecule has 0 unspecified atom stereocenters. The Morgan fingerprint density at radius 2 is 1.82 bits per heavy atom. The molecule has 1 aliphatic rings. The average molecular weight is 238 g/mol. The number of aliphatic hydroxyl groups is 1. The Kier molecular flexibility index (Phi) is 2.00. The summed E-state index contributed by atoms with van der Waals surface area (Å²) in [6, 6.07) is 8.24. The summed E-state index contributed by atoms with van der Waals surface area (Å²) in [5.74, 6) is -0.0273. The van der Waals surface area contributed by atoms with E-state index in [9.17, 15) is 13.9 Å². The zero-order chi connectivity index (χ0) is 12.0. The van der Waals surface area contributed by atoms with Crippen molar-refractivity contribution in [3.63, 3.8) is 0 Å². The van der Waals surface area contributed by atoms with E-state index in [0.717, 1.165) is 0 Å². The first-order valence-electron chi connectivity index (χ1n) is 5.02. The zero-order valence-corrected chi connectivity index (χ0v) is 8.61. The summed E-state index contributed by atoms with van der Waals surface area (Å²) in [6.07, 6.45) is -3.64. The second-order valence-electron chi connectivity index (χ2n) is 3.73. The zero-order valence-electron chi connectivity index (χ0n) is 8.61. The molecule has 3 nitrogen and oxygen atoms in total. The molecule has 1 N–H and O–H groups in total. The molecule has 0 saturated heterocycles. The van der Waals surface area contributed by atoms with Crippen LogP contribution in [0.2, 0.25) is 0 Å². The fourth-order valence-electron chi connectivity index (χ4n) is 1.97. The SMILES string of the molecule is OCc1cc2c(c3ccccc13)OC(F)(F)O2. The molecule has 2 aromatic rings. The first-order valence-corrected chi connectivity index (χ1v) is 5.02. The van der Waals surface area contributed by atoms with E-state index in [4.69, 9.17) is 0 Å². The average Bonchev–Trinajstić information content (AvgIpc) is 2.62. The summed E-state index contributed by atoms with van der Waals surface area (Å²) in [7, 11) is 0. The van der Waals surface area contributed by atoms with Crippen molar-refractivity contribution in [2.45, 2.75) is 12.9 Å². The maximum Gasteiger partial charge on any atom is 0.586 e. The summed E-state index contributed by atoms with van der Waals surface area (Å²) in [5.41, 5.74) is 0.528. The highest BCUT2D eigenvalue weighted by Gasteiger charge is 2.44. The molecule has 0 amide bonds. The molecule has 0 spiro atoms. The molecule has 0 bridgehead atoms. The highest BCUT2D eigenvalue weighted by molar-refractivity contribution is 5.93. The topological polar surface area (TPSA) is 38.7 Å². The highest BCUT2D eigenvalue weighted by atomic mass is 19.3. The van der Waals surface area contributed by atoms with Crippen LogP contribution in [0.4, 0.5) is 8.78 Å². The molecule has 1 heterocycles. The summed E-state index contributed by atoms with van der Waals surface area (Å²) in [5, 5.41) is 10.4. The van der Waals surface area contributed by atoms with Gasteiger partial charge in [0.25, 0.3) is 0 Å². The molecule has 0 aliphatic carbocycles. The third kappa shape index (κ3) is 1.51. The number of benzene rings is 2. The summed E-state index contributed by atoms with van der Waals surface area (Å²) in [6.45, 7) is -0.247. The van der Waals surface area contributed by atoms with E-state index in [1.165, 1.54) is 6.07 Å². The Balaban J connectivity index is 2.32. The summed E-state index contributed by atoms with van der Waals surface area (Å²) >= 11 is 0. The molecule has 0 fully saturated rings. The number of halogens is 2. The van der Waals surface area contributed by atoms with Crippen molar-refractivity contribution in [1.29, 1.82) is 0 Å². The molecule has 0 radical (unpaired) electrons. The van der Waals surface area contributed by atoms with Crippen LogP contribution in [0.25, 0.3) is 10.8 Å². The molecule has 1 aliphatic heterocycles. The van der Waals surface area contributed by atoms with E-state index in [0.29, 0.717) is 16.3 Å². The van der Waals surface area contributed by atoms with E-state index in [2.05, 4.69) is 9.47 Å². The van der Waals surface area contributed by atoms with Crippen molar-refractivity contribution in [3.05, 3.63) is 35.9 Å². The third-order valence-electron chi connectivity index (χ3n) is 2.67. The van der Waals surface area contributed by atoms with Gasteiger partial charge >= 0.3 is 6.29 Å². The van der Waals surface area contributed by atoms with Gasteiger partial charge in [0.1, 0.15) is 0 Å². The second-order valence-corrected chi connectivity index (χ2v) is 3.73. The largest absolute Gasteiger partial charge is 0.586 e. The van der Waals surface area contributed by atoms with Crippen LogP contribution >= 0.6 is 0 Å². The fourth-order valence-corrected chi connectivity index (χ4v) is 1.97.